The Balaban J connectivity index is 2.09. The number of carbonyl (C=O) groups is 3. The number of aliphatic hydroxyl groups excluding tert-OH is 1. The van der Waals surface area contributed by atoms with E-state index in [2.05, 4.69) is 10.6 Å². The number of amides is 3. The summed E-state index contributed by atoms with van der Waals surface area (Å²) in [6.45, 7) is 9.20. The molecular weight excluding hydrogens is 426 g/mol. The highest BCUT2D eigenvalue weighted by Crippen LogP contribution is 2.32. The summed E-state index contributed by atoms with van der Waals surface area (Å²) < 4.78 is 9.98. The van der Waals surface area contributed by atoms with Crippen LogP contribution in [0, 0.1) is 5.41 Å². The van der Waals surface area contributed by atoms with Crippen LogP contribution in [0.15, 0.2) is 24.3 Å². The molecule has 0 bridgehead atoms. The van der Waals surface area contributed by atoms with Crippen molar-refractivity contribution in [2.24, 2.45) is 5.41 Å². The van der Waals surface area contributed by atoms with Crippen molar-refractivity contribution in [3.05, 3.63) is 29.8 Å². The van der Waals surface area contributed by atoms with Crippen molar-refractivity contribution in [1.82, 2.24) is 10.6 Å². The molecule has 184 valence electrons. The number of aliphatic hydroxyl groups is 1. The van der Waals surface area contributed by atoms with E-state index in [1.54, 1.807) is 25.7 Å². The first-order chi connectivity index (χ1) is 15.3. The monoisotopic (exact) mass is 463 g/mol. The third-order valence-corrected chi connectivity index (χ3v) is 5.33. The fourth-order valence-corrected chi connectivity index (χ4v) is 4.03. The van der Waals surface area contributed by atoms with E-state index in [1.165, 1.54) is 7.11 Å². The van der Waals surface area contributed by atoms with Crippen LogP contribution in [0.4, 0.5) is 15.3 Å². The van der Waals surface area contributed by atoms with Crippen LogP contribution in [0.2, 0.25) is 0 Å². The van der Waals surface area contributed by atoms with Gasteiger partial charge in [-0.25, -0.2) is 9.59 Å². The maximum Gasteiger partial charge on any atom is 0.407 e. The van der Waals surface area contributed by atoms with Gasteiger partial charge in [-0.3, -0.25) is 4.79 Å². The fraction of sp³-hybridized carbons (Fsp3) is 0.625. The first kappa shape index (κ1) is 26.4. The third kappa shape index (κ3) is 8.24. The minimum absolute atomic E-state index is 0.0993. The van der Waals surface area contributed by atoms with Crippen molar-refractivity contribution in [3.8, 4) is 0 Å². The Kier molecular flexibility index (Phi) is 8.71. The molecule has 0 radical (unpaired) electrons. The van der Waals surface area contributed by atoms with Crippen LogP contribution in [0.5, 0.6) is 0 Å². The van der Waals surface area contributed by atoms with Crippen LogP contribution < -0.4 is 15.5 Å². The fourth-order valence-electron chi connectivity index (χ4n) is 4.03. The standard InChI is InChI=1S/C24H37N3O6/c1-23(2,3)33-22(31)26-18(15-28)12-24(4,5)13-20(29)27-14-17(25-21(30)32-6)11-16-9-7-8-10-19(16)27/h7-10,17-18,28H,11-15H2,1-6H3,(H,25,30)(H,26,31)/t17?,18-/m0/s1. The Bertz CT molecular complexity index is 849. The molecule has 0 saturated carbocycles. The molecule has 3 amide bonds. The number of ether oxygens (including phenoxy) is 2. The Morgan fingerprint density at radius 1 is 1.15 bits per heavy atom. The normalized spacial score (nSPS) is 16.9. The largest absolute Gasteiger partial charge is 0.453 e. The highest BCUT2D eigenvalue weighted by atomic mass is 16.6. The van der Waals surface area contributed by atoms with Gasteiger partial charge < -0.3 is 30.1 Å². The van der Waals surface area contributed by atoms with E-state index in [4.69, 9.17) is 9.47 Å². The van der Waals surface area contributed by atoms with Gasteiger partial charge in [-0.15, -0.1) is 0 Å². The molecule has 2 atom stereocenters. The van der Waals surface area contributed by atoms with Crippen molar-refractivity contribution in [2.45, 2.75) is 71.6 Å². The second kappa shape index (κ2) is 10.9. The second-order valence-electron chi connectivity index (χ2n) is 10.2. The first-order valence-electron chi connectivity index (χ1n) is 11.2. The lowest BCUT2D eigenvalue weighted by Crippen LogP contribution is -2.51. The number of hydrogen-bond donors (Lipinski definition) is 3. The zero-order valence-electron chi connectivity index (χ0n) is 20.4. The van der Waals surface area contributed by atoms with Crippen molar-refractivity contribution in [2.75, 3.05) is 25.2 Å². The van der Waals surface area contributed by atoms with E-state index in [0.29, 0.717) is 19.4 Å². The summed E-state index contributed by atoms with van der Waals surface area (Å²) in [5, 5.41) is 15.2. The van der Waals surface area contributed by atoms with Gasteiger partial charge in [-0.2, -0.15) is 0 Å². The van der Waals surface area contributed by atoms with E-state index in [0.717, 1.165) is 11.3 Å². The summed E-state index contributed by atoms with van der Waals surface area (Å²) in [6.07, 6.45) is 0.0359. The maximum absolute atomic E-state index is 13.4. The number of rotatable bonds is 7. The van der Waals surface area contributed by atoms with Crippen molar-refractivity contribution < 1.29 is 29.0 Å². The van der Waals surface area contributed by atoms with Crippen molar-refractivity contribution >= 4 is 23.8 Å². The summed E-state index contributed by atoms with van der Waals surface area (Å²) in [5.41, 5.74) is 0.631. The molecule has 33 heavy (non-hydrogen) atoms. The topological polar surface area (TPSA) is 117 Å². The lowest BCUT2D eigenvalue weighted by Gasteiger charge is -2.37. The Morgan fingerprint density at radius 2 is 1.82 bits per heavy atom. The molecule has 0 saturated heterocycles. The van der Waals surface area contributed by atoms with E-state index in [1.807, 2.05) is 38.1 Å². The molecule has 0 spiro atoms. The number of nitrogens with zero attached hydrogens (tertiary/aromatic N) is 1. The van der Waals surface area contributed by atoms with Crippen LogP contribution >= 0.6 is 0 Å². The zero-order chi connectivity index (χ0) is 24.8. The molecular formula is C24H37N3O6. The van der Waals surface area contributed by atoms with Gasteiger partial charge in [0.05, 0.1) is 25.8 Å². The average molecular weight is 464 g/mol. The Hall–Kier alpha value is -2.81. The van der Waals surface area contributed by atoms with Gasteiger partial charge in [0.15, 0.2) is 0 Å². The molecule has 9 heteroatoms. The molecule has 1 aromatic carbocycles. The molecule has 9 nitrogen and oxygen atoms in total. The third-order valence-electron chi connectivity index (χ3n) is 5.33. The van der Waals surface area contributed by atoms with Crippen molar-refractivity contribution in [3.63, 3.8) is 0 Å². The molecule has 0 aromatic heterocycles. The molecule has 1 aliphatic rings. The summed E-state index contributed by atoms with van der Waals surface area (Å²) >= 11 is 0. The molecule has 1 heterocycles. The van der Waals surface area contributed by atoms with Gasteiger partial charge >= 0.3 is 12.2 Å². The number of benzene rings is 1. The lowest BCUT2D eigenvalue weighted by molar-refractivity contribution is -0.120. The van der Waals surface area contributed by atoms with Gasteiger partial charge in [-0.1, -0.05) is 32.0 Å². The Morgan fingerprint density at radius 3 is 2.42 bits per heavy atom. The van der Waals surface area contributed by atoms with Gasteiger partial charge in [0.2, 0.25) is 5.91 Å². The van der Waals surface area contributed by atoms with Crippen LogP contribution in [0.25, 0.3) is 0 Å². The smallest absolute Gasteiger partial charge is 0.407 e. The van der Waals surface area contributed by atoms with E-state index >= 15 is 0 Å². The van der Waals surface area contributed by atoms with E-state index in [9.17, 15) is 19.5 Å². The molecule has 1 unspecified atom stereocenters. The molecule has 1 aromatic rings. The molecule has 3 N–H and O–H groups in total. The summed E-state index contributed by atoms with van der Waals surface area (Å²) in [7, 11) is 1.31. The highest BCUT2D eigenvalue weighted by Gasteiger charge is 2.34. The number of hydrogen-bond acceptors (Lipinski definition) is 6. The highest BCUT2D eigenvalue weighted by molar-refractivity contribution is 5.95. The molecule has 0 aliphatic carbocycles. The number of anilines is 1. The van der Waals surface area contributed by atoms with Gasteiger partial charge in [0.25, 0.3) is 0 Å². The minimum Gasteiger partial charge on any atom is -0.453 e. The quantitative estimate of drug-likeness (QED) is 0.572. The van der Waals surface area contributed by atoms with Crippen LogP contribution in [0.1, 0.15) is 53.0 Å². The number of nitrogens with one attached hydrogen (secondary N) is 2. The number of para-hydroxylation sites is 1. The van der Waals surface area contributed by atoms with E-state index < -0.39 is 29.2 Å². The van der Waals surface area contributed by atoms with Crippen LogP contribution in [-0.2, 0) is 20.7 Å². The van der Waals surface area contributed by atoms with Crippen LogP contribution in [0.3, 0.4) is 0 Å². The molecule has 2 rings (SSSR count). The lowest BCUT2D eigenvalue weighted by atomic mass is 9.81. The molecule has 0 fully saturated rings. The van der Waals surface area contributed by atoms with Crippen LogP contribution in [-0.4, -0.2) is 61.1 Å². The predicted molar refractivity (Wildman–Crippen MR) is 125 cm³/mol. The summed E-state index contributed by atoms with van der Waals surface area (Å²) in [6, 6.07) is 6.81. The number of fused-ring (bicyclic) bond motifs is 1. The van der Waals surface area contributed by atoms with E-state index in [-0.39, 0.29) is 25.0 Å². The molecule has 1 aliphatic heterocycles. The zero-order valence-corrected chi connectivity index (χ0v) is 20.4. The SMILES string of the molecule is COC(=O)NC1Cc2ccccc2N(C(=O)CC(C)(C)C[C@@H](CO)NC(=O)OC(C)(C)C)C1. The average Bonchev–Trinajstić information content (AvgIpc) is 2.70. The first-order valence-corrected chi connectivity index (χ1v) is 11.2. The van der Waals surface area contributed by atoms with Gasteiger partial charge in [0, 0.05) is 18.7 Å². The predicted octanol–water partition coefficient (Wildman–Crippen LogP) is 2.99. The summed E-state index contributed by atoms with van der Waals surface area (Å²) in [4.78, 5) is 38.9. The van der Waals surface area contributed by atoms with Gasteiger partial charge in [-0.05, 0) is 50.7 Å². The Labute approximate surface area is 195 Å². The minimum atomic E-state index is -0.647. The van der Waals surface area contributed by atoms with Crippen molar-refractivity contribution in [1.29, 1.82) is 0 Å². The number of carbonyl (C=O) groups excluding carboxylic acids is 3. The number of methoxy groups -OCH3 is 1. The summed E-state index contributed by atoms with van der Waals surface area (Å²) in [5.74, 6) is -0.0993. The number of alkyl carbamates (subject to hydrolysis) is 2. The second-order valence-corrected chi connectivity index (χ2v) is 10.2. The van der Waals surface area contributed by atoms with Gasteiger partial charge in [0.1, 0.15) is 5.60 Å². The maximum atomic E-state index is 13.4.